The average Bonchev–Trinajstić information content (AvgIpc) is 2.71. The third kappa shape index (κ3) is 4.46. The summed E-state index contributed by atoms with van der Waals surface area (Å²) in [5.41, 5.74) is 1.49. The molecule has 0 amide bonds. The van der Waals surface area contributed by atoms with Crippen LogP contribution in [0.5, 0.6) is 0 Å². The highest BCUT2D eigenvalue weighted by atomic mass is 16.3. The molecule has 0 spiro atoms. The lowest BCUT2D eigenvalue weighted by Crippen LogP contribution is -2.40. The highest BCUT2D eigenvalue weighted by Gasteiger charge is 2.23. The van der Waals surface area contributed by atoms with Gasteiger partial charge in [-0.25, -0.2) is 0 Å². The van der Waals surface area contributed by atoms with Crippen LogP contribution in [-0.4, -0.2) is 22.3 Å². The minimum absolute atomic E-state index is 0.172. The van der Waals surface area contributed by atoms with Gasteiger partial charge in [-0.3, -0.25) is 0 Å². The van der Waals surface area contributed by atoms with Crippen LogP contribution in [0.25, 0.3) is 0 Å². The van der Waals surface area contributed by atoms with Crippen LogP contribution >= 0.6 is 0 Å². The number of nitrogens with one attached hydrogen (secondary N) is 1. The highest BCUT2D eigenvalue weighted by Crippen LogP contribution is 2.22. The van der Waals surface area contributed by atoms with E-state index in [1.54, 1.807) is 0 Å². The van der Waals surface area contributed by atoms with Crippen LogP contribution in [0, 0.1) is 5.41 Å². The van der Waals surface area contributed by atoms with Crippen LogP contribution in [0.15, 0.2) is 18.3 Å². The lowest BCUT2D eigenvalue weighted by molar-refractivity contribution is 0.195. The van der Waals surface area contributed by atoms with Crippen LogP contribution in [0.4, 0.5) is 0 Å². The van der Waals surface area contributed by atoms with E-state index < -0.39 is 0 Å². The van der Waals surface area contributed by atoms with Crippen molar-refractivity contribution in [1.29, 1.82) is 0 Å². The summed E-state index contributed by atoms with van der Waals surface area (Å²) in [4.78, 5) is 0. The van der Waals surface area contributed by atoms with Gasteiger partial charge >= 0.3 is 0 Å². The smallest absolute Gasteiger partial charge is 0.0446 e. The predicted octanol–water partition coefficient (Wildman–Crippen LogP) is 2.78. The molecule has 1 aromatic heterocycles. The maximum atomic E-state index is 9.15. The summed E-state index contributed by atoms with van der Waals surface area (Å²) in [6.45, 7) is 11.0. The molecule has 3 nitrogen and oxygen atoms in total. The van der Waals surface area contributed by atoms with Crippen LogP contribution < -0.4 is 5.32 Å². The fraction of sp³-hybridized carbons (Fsp3) is 0.733. The third-order valence-corrected chi connectivity index (χ3v) is 3.38. The van der Waals surface area contributed by atoms with Gasteiger partial charge in [-0.2, -0.15) is 0 Å². The van der Waals surface area contributed by atoms with E-state index >= 15 is 0 Å². The Morgan fingerprint density at radius 2 is 2.11 bits per heavy atom. The van der Waals surface area contributed by atoms with Gasteiger partial charge in [-0.15, -0.1) is 0 Å². The Balaban J connectivity index is 2.58. The summed E-state index contributed by atoms with van der Waals surface area (Å²) in [7, 11) is 0. The Morgan fingerprint density at radius 3 is 2.67 bits per heavy atom. The number of nitrogens with zero attached hydrogens (tertiary/aromatic N) is 1. The van der Waals surface area contributed by atoms with E-state index in [1.807, 2.05) is 0 Å². The first kappa shape index (κ1) is 15.3. The van der Waals surface area contributed by atoms with Crippen molar-refractivity contribution in [3.63, 3.8) is 0 Å². The normalized spacial score (nSPS) is 13.8. The van der Waals surface area contributed by atoms with Gasteiger partial charge in [0, 0.05) is 37.6 Å². The van der Waals surface area contributed by atoms with Crippen LogP contribution in [0.1, 0.15) is 46.2 Å². The molecular formula is C15H28N2O. The van der Waals surface area contributed by atoms with Crippen LogP contribution in [0.3, 0.4) is 0 Å². The zero-order chi connectivity index (χ0) is 13.6. The average molecular weight is 252 g/mol. The van der Waals surface area contributed by atoms with E-state index in [0.29, 0.717) is 6.04 Å². The second kappa shape index (κ2) is 6.95. The maximum Gasteiger partial charge on any atom is 0.0446 e. The standard InChI is InChI=1S/C15H28N2O/c1-5-9-17-10-6-7-13(17)12-16-14(8-11-18)15(2,3)4/h6-7,10,14,16,18H,5,8-9,11-12H2,1-4H3. The van der Waals surface area contributed by atoms with E-state index in [2.05, 4.69) is 55.9 Å². The number of rotatable bonds is 7. The van der Waals surface area contributed by atoms with Gasteiger partial charge in [0.05, 0.1) is 0 Å². The summed E-state index contributed by atoms with van der Waals surface area (Å²) in [5.74, 6) is 0. The molecule has 2 N–H and O–H groups in total. The largest absolute Gasteiger partial charge is 0.396 e. The highest BCUT2D eigenvalue weighted by molar-refractivity contribution is 5.07. The van der Waals surface area contributed by atoms with E-state index in [4.69, 9.17) is 5.11 Å². The number of aliphatic hydroxyl groups is 1. The van der Waals surface area contributed by atoms with Gasteiger partial charge in [0.1, 0.15) is 0 Å². The molecule has 0 saturated carbocycles. The van der Waals surface area contributed by atoms with Crippen molar-refractivity contribution in [2.24, 2.45) is 5.41 Å². The van der Waals surface area contributed by atoms with Gasteiger partial charge in [-0.1, -0.05) is 27.7 Å². The molecule has 1 aromatic rings. The summed E-state index contributed by atoms with van der Waals surface area (Å²) in [6, 6.07) is 4.61. The Labute approximate surface area is 111 Å². The molecule has 1 rings (SSSR count). The Bertz CT molecular complexity index is 339. The molecule has 0 bridgehead atoms. The van der Waals surface area contributed by atoms with Crippen molar-refractivity contribution in [3.05, 3.63) is 24.0 Å². The Morgan fingerprint density at radius 1 is 1.39 bits per heavy atom. The summed E-state index contributed by atoms with van der Waals surface area (Å²) in [6.07, 6.45) is 4.09. The minimum atomic E-state index is 0.172. The van der Waals surface area contributed by atoms with E-state index in [-0.39, 0.29) is 12.0 Å². The summed E-state index contributed by atoms with van der Waals surface area (Å²) < 4.78 is 2.30. The Hall–Kier alpha value is -0.800. The quantitative estimate of drug-likeness (QED) is 0.783. The van der Waals surface area contributed by atoms with Crippen molar-refractivity contribution in [2.75, 3.05) is 6.61 Å². The summed E-state index contributed by atoms with van der Waals surface area (Å²) in [5, 5.41) is 12.7. The molecule has 0 aliphatic carbocycles. The topological polar surface area (TPSA) is 37.2 Å². The number of aryl methyl sites for hydroxylation is 1. The molecule has 0 saturated heterocycles. The molecule has 18 heavy (non-hydrogen) atoms. The second-order valence-electron chi connectivity index (χ2n) is 6.00. The van der Waals surface area contributed by atoms with Gasteiger partial charge < -0.3 is 15.0 Å². The minimum Gasteiger partial charge on any atom is -0.396 e. The van der Waals surface area contributed by atoms with Crippen LogP contribution in [0.2, 0.25) is 0 Å². The fourth-order valence-electron chi connectivity index (χ4n) is 2.27. The number of hydrogen-bond acceptors (Lipinski definition) is 2. The molecule has 0 aliphatic rings. The predicted molar refractivity (Wildman–Crippen MR) is 76.5 cm³/mol. The van der Waals surface area contributed by atoms with Crippen molar-refractivity contribution < 1.29 is 5.11 Å². The maximum absolute atomic E-state index is 9.15. The molecule has 1 atom stereocenters. The van der Waals surface area contributed by atoms with Crippen molar-refractivity contribution in [3.8, 4) is 0 Å². The van der Waals surface area contributed by atoms with E-state index in [0.717, 1.165) is 25.9 Å². The van der Waals surface area contributed by atoms with Crippen LogP contribution in [-0.2, 0) is 13.1 Å². The lowest BCUT2D eigenvalue weighted by Gasteiger charge is -2.31. The lowest BCUT2D eigenvalue weighted by atomic mass is 9.85. The molecule has 0 fully saturated rings. The fourth-order valence-corrected chi connectivity index (χ4v) is 2.27. The van der Waals surface area contributed by atoms with Crippen molar-refractivity contribution in [1.82, 2.24) is 9.88 Å². The number of aliphatic hydroxyl groups excluding tert-OH is 1. The van der Waals surface area contributed by atoms with Crippen molar-refractivity contribution in [2.45, 2.75) is 59.7 Å². The van der Waals surface area contributed by atoms with Gasteiger partial charge in [-0.05, 0) is 30.4 Å². The number of aromatic nitrogens is 1. The molecule has 1 heterocycles. The second-order valence-corrected chi connectivity index (χ2v) is 6.00. The Kier molecular flexibility index (Phi) is 5.89. The zero-order valence-corrected chi connectivity index (χ0v) is 12.2. The van der Waals surface area contributed by atoms with E-state index in [9.17, 15) is 0 Å². The molecule has 0 radical (unpaired) electrons. The molecule has 0 aromatic carbocycles. The molecular weight excluding hydrogens is 224 g/mol. The first-order valence-electron chi connectivity index (χ1n) is 6.97. The molecule has 1 unspecified atom stereocenters. The van der Waals surface area contributed by atoms with E-state index in [1.165, 1.54) is 5.69 Å². The monoisotopic (exact) mass is 252 g/mol. The van der Waals surface area contributed by atoms with Gasteiger partial charge in [0.15, 0.2) is 0 Å². The molecule has 3 heteroatoms. The summed E-state index contributed by atoms with van der Waals surface area (Å²) >= 11 is 0. The number of hydrogen-bond donors (Lipinski definition) is 2. The molecule has 0 aliphatic heterocycles. The van der Waals surface area contributed by atoms with Gasteiger partial charge in [0.2, 0.25) is 0 Å². The molecule has 104 valence electrons. The first-order chi connectivity index (χ1) is 8.49. The first-order valence-corrected chi connectivity index (χ1v) is 6.97. The SMILES string of the molecule is CCCn1cccc1CNC(CCO)C(C)(C)C. The third-order valence-electron chi connectivity index (χ3n) is 3.38. The van der Waals surface area contributed by atoms with Crippen molar-refractivity contribution >= 4 is 0 Å². The van der Waals surface area contributed by atoms with Gasteiger partial charge in [0.25, 0.3) is 0 Å². The zero-order valence-electron chi connectivity index (χ0n) is 12.2.